The number of thiophene rings is 1. The van der Waals surface area contributed by atoms with Gasteiger partial charge in [-0.15, -0.1) is 0 Å². The first-order chi connectivity index (χ1) is 8.63. The average molecular weight is 326 g/mol. The molecule has 0 saturated carbocycles. The molecule has 1 aromatic heterocycles. The van der Waals surface area contributed by atoms with Gasteiger partial charge in [-0.05, 0) is 46.5 Å². The summed E-state index contributed by atoms with van der Waals surface area (Å²) in [4.78, 5) is 0. The van der Waals surface area contributed by atoms with E-state index in [1.165, 1.54) is 0 Å². The maximum Gasteiger partial charge on any atom is 0.0881 e. The van der Waals surface area contributed by atoms with Gasteiger partial charge in [0.05, 0.1) is 6.10 Å². The van der Waals surface area contributed by atoms with Crippen LogP contribution in [0.3, 0.4) is 0 Å². The van der Waals surface area contributed by atoms with Gasteiger partial charge in [0.1, 0.15) is 0 Å². The van der Waals surface area contributed by atoms with Crippen molar-refractivity contribution in [3.63, 3.8) is 0 Å². The Morgan fingerprint density at radius 1 is 1.39 bits per heavy atom. The number of hydrogen-bond acceptors (Lipinski definition) is 3. The third kappa shape index (κ3) is 2.83. The fourth-order valence-electron chi connectivity index (χ4n) is 2.07. The second kappa shape index (κ2) is 5.97. The molecular weight excluding hydrogens is 310 g/mol. The second-order valence-electron chi connectivity index (χ2n) is 4.35. The molecule has 0 bridgehead atoms. The summed E-state index contributed by atoms with van der Waals surface area (Å²) in [6.45, 7) is 2.44. The van der Waals surface area contributed by atoms with Crippen LogP contribution in [-0.4, -0.2) is 11.7 Å². The molecule has 0 amide bonds. The van der Waals surface area contributed by atoms with Crippen molar-refractivity contribution < 1.29 is 5.11 Å². The molecule has 4 heteroatoms. The number of aliphatic hydroxyl groups excluding tert-OH is 1. The summed E-state index contributed by atoms with van der Waals surface area (Å²) in [7, 11) is 0. The van der Waals surface area contributed by atoms with Crippen molar-refractivity contribution in [2.45, 2.75) is 18.9 Å². The number of aliphatic hydroxyl groups is 1. The van der Waals surface area contributed by atoms with Gasteiger partial charge in [-0.2, -0.15) is 11.3 Å². The first-order valence-electron chi connectivity index (χ1n) is 5.79. The first-order valence-corrected chi connectivity index (χ1v) is 7.53. The summed E-state index contributed by atoms with van der Waals surface area (Å²) in [6.07, 6.45) is -0.546. The molecule has 2 atom stereocenters. The van der Waals surface area contributed by atoms with Gasteiger partial charge in [-0.25, -0.2) is 0 Å². The topological polar surface area (TPSA) is 46.2 Å². The Kier molecular flexibility index (Phi) is 4.56. The number of hydrogen-bond donors (Lipinski definition) is 2. The molecule has 0 aliphatic rings. The van der Waals surface area contributed by atoms with Crippen LogP contribution < -0.4 is 5.73 Å². The monoisotopic (exact) mass is 325 g/mol. The van der Waals surface area contributed by atoms with Crippen molar-refractivity contribution in [2.75, 3.05) is 6.54 Å². The number of rotatable bonds is 4. The molecule has 2 nitrogen and oxygen atoms in total. The van der Waals surface area contributed by atoms with Gasteiger partial charge in [-0.3, -0.25) is 0 Å². The number of aryl methyl sites for hydroxylation is 1. The molecule has 0 aliphatic carbocycles. The molecule has 0 saturated heterocycles. The lowest BCUT2D eigenvalue weighted by Crippen LogP contribution is -2.20. The average Bonchev–Trinajstić information content (AvgIpc) is 2.76. The molecule has 1 aromatic carbocycles. The van der Waals surface area contributed by atoms with Gasteiger partial charge in [0.15, 0.2) is 0 Å². The predicted molar refractivity (Wildman–Crippen MR) is 80.0 cm³/mol. The number of halogens is 1. The van der Waals surface area contributed by atoms with Crippen LogP contribution in [-0.2, 0) is 0 Å². The summed E-state index contributed by atoms with van der Waals surface area (Å²) in [6, 6.07) is 7.96. The van der Waals surface area contributed by atoms with E-state index < -0.39 is 6.10 Å². The highest BCUT2D eigenvalue weighted by atomic mass is 79.9. The zero-order valence-corrected chi connectivity index (χ0v) is 12.5. The molecule has 18 heavy (non-hydrogen) atoms. The summed E-state index contributed by atoms with van der Waals surface area (Å²) in [5.74, 6) is -0.0733. The van der Waals surface area contributed by atoms with E-state index in [9.17, 15) is 5.11 Å². The normalized spacial score (nSPS) is 14.4. The minimum atomic E-state index is -0.546. The molecule has 2 unspecified atom stereocenters. The van der Waals surface area contributed by atoms with E-state index in [0.717, 1.165) is 21.2 Å². The lowest BCUT2D eigenvalue weighted by Gasteiger charge is -2.22. The fraction of sp³-hybridized carbons (Fsp3) is 0.286. The molecule has 0 radical (unpaired) electrons. The standard InChI is InChI=1S/C14H16BrNOS/c1-9-7-18-8-13(9)14(17)12(6-16)10-3-2-4-11(15)5-10/h2-5,7-8,12,14,17H,6,16H2,1H3. The second-order valence-corrected chi connectivity index (χ2v) is 6.01. The molecular formula is C14H16BrNOS. The van der Waals surface area contributed by atoms with Crippen LogP contribution >= 0.6 is 27.3 Å². The van der Waals surface area contributed by atoms with Crippen LogP contribution in [0, 0.1) is 6.92 Å². The molecule has 1 heterocycles. The third-order valence-electron chi connectivity index (χ3n) is 3.13. The molecule has 2 rings (SSSR count). The SMILES string of the molecule is Cc1cscc1C(O)C(CN)c1cccc(Br)c1. The fourth-order valence-corrected chi connectivity index (χ4v) is 3.37. The Hall–Kier alpha value is -0.680. The zero-order chi connectivity index (χ0) is 13.1. The van der Waals surface area contributed by atoms with E-state index in [-0.39, 0.29) is 5.92 Å². The summed E-state index contributed by atoms with van der Waals surface area (Å²) < 4.78 is 1.01. The minimum Gasteiger partial charge on any atom is -0.388 e. The summed E-state index contributed by atoms with van der Waals surface area (Å²) >= 11 is 5.06. The van der Waals surface area contributed by atoms with Crippen LogP contribution in [0.1, 0.15) is 28.7 Å². The maximum atomic E-state index is 10.5. The first kappa shape index (κ1) is 13.7. The highest BCUT2D eigenvalue weighted by molar-refractivity contribution is 9.10. The van der Waals surface area contributed by atoms with Crippen molar-refractivity contribution in [3.05, 3.63) is 56.2 Å². The van der Waals surface area contributed by atoms with Crippen molar-refractivity contribution in [2.24, 2.45) is 5.73 Å². The Morgan fingerprint density at radius 2 is 2.17 bits per heavy atom. The van der Waals surface area contributed by atoms with Crippen LogP contribution in [0.4, 0.5) is 0 Å². The molecule has 0 fully saturated rings. The quantitative estimate of drug-likeness (QED) is 0.902. The number of benzene rings is 1. The molecule has 0 spiro atoms. The van der Waals surface area contributed by atoms with Crippen LogP contribution in [0.2, 0.25) is 0 Å². The van der Waals surface area contributed by atoms with E-state index in [0.29, 0.717) is 6.54 Å². The predicted octanol–water partition coefficient (Wildman–Crippen LogP) is 3.59. The highest BCUT2D eigenvalue weighted by Gasteiger charge is 2.23. The van der Waals surface area contributed by atoms with Crippen LogP contribution in [0.15, 0.2) is 39.5 Å². The smallest absolute Gasteiger partial charge is 0.0881 e. The maximum absolute atomic E-state index is 10.5. The summed E-state index contributed by atoms with van der Waals surface area (Å²) in [5, 5.41) is 14.6. The van der Waals surface area contributed by atoms with E-state index in [1.54, 1.807) is 11.3 Å². The lowest BCUT2D eigenvalue weighted by molar-refractivity contribution is 0.147. The Bertz CT molecular complexity index is 526. The van der Waals surface area contributed by atoms with Gasteiger partial charge in [0.25, 0.3) is 0 Å². The van der Waals surface area contributed by atoms with Gasteiger partial charge in [0.2, 0.25) is 0 Å². The van der Waals surface area contributed by atoms with Gasteiger partial charge in [-0.1, -0.05) is 28.1 Å². The number of nitrogens with two attached hydrogens (primary N) is 1. The minimum absolute atomic E-state index is 0.0733. The van der Waals surface area contributed by atoms with Crippen molar-refractivity contribution in [3.8, 4) is 0 Å². The zero-order valence-electron chi connectivity index (χ0n) is 10.1. The highest BCUT2D eigenvalue weighted by Crippen LogP contribution is 2.34. The van der Waals surface area contributed by atoms with Crippen LogP contribution in [0.25, 0.3) is 0 Å². The molecule has 3 N–H and O–H groups in total. The summed E-state index contributed by atoms with van der Waals surface area (Å²) in [5.41, 5.74) is 9.01. The van der Waals surface area contributed by atoms with E-state index >= 15 is 0 Å². The Balaban J connectivity index is 2.32. The van der Waals surface area contributed by atoms with Crippen LogP contribution in [0.5, 0.6) is 0 Å². The van der Waals surface area contributed by atoms with E-state index in [1.807, 2.05) is 41.9 Å². The van der Waals surface area contributed by atoms with Gasteiger partial charge < -0.3 is 10.8 Å². The molecule has 0 aliphatic heterocycles. The lowest BCUT2D eigenvalue weighted by atomic mass is 9.89. The largest absolute Gasteiger partial charge is 0.388 e. The van der Waals surface area contributed by atoms with Gasteiger partial charge >= 0.3 is 0 Å². The third-order valence-corrected chi connectivity index (χ3v) is 4.50. The molecule has 2 aromatic rings. The Labute approximate surface area is 120 Å². The van der Waals surface area contributed by atoms with Gasteiger partial charge in [0, 0.05) is 16.9 Å². The van der Waals surface area contributed by atoms with E-state index in [4.69, 9.17) is 5.73 Å². The van der Waals surface area contributed by atoms with Crippen molar-refractivity contribution >= 4 is 27.3 Å². The molecule has 96 valence electrons. The Morgan fingerprint density at radius 3 is 2.72 bits per heavy atom. The van der Waals surface area contributed by atoms with Crippen molar-refractivity contribution in [1.29, 1.82) is 0 Å². The van der Waals surface area contributed by atoms with Crippen molar-refractivity contribution in [1.82, 2.24) is 0 Å². The van der Waals surface area contributed by atoms with E-state index in [2.05, 4.69) is 15.9 Å².